The van der Waals surface area contributed by atoms with E-state index in [1.807, 2.05) is 0 Å². The number of benzene rings is 1. The van der Waals surface area contributed by atoms with Crippen molar-refractivity contribution < 1.29 is 32.6 Å². The molecule has 5 rings (SSSR count). The van der Waals surface area contributed by atoms with E-state index in [2.05, 4.69) is 15.3 Å². The maximum atomic E-state index is 15.2. The molecule has 3 heterocycles. The maximum absolute atomic E-state index is 15.2. The maximum Gasteiger partial charge on any atom is 0.270 e. The van der Waals surface area contributed by atoms with Crippen molar-refractivity contribution in [1.82, 2.24) is 15.3 Å². The molecule has 12 heteroatoms. The molecule has 3 aromatic rings. The molecule has 2 N–H and O–H groups in total. The third kappa shape index (κ3) is 4.77. The first-order valence-corrected chi connectivity index (χ1v) is 13.1. The number of amides is 2. The second kappa shape index (κ2) is 11.1. The summed E-state index contributed by atoms with van der Waals surface area (Å²) in [5.41, 5.74) is -2.35. The lowest BCUT2D eigenvalue weighted by molar-refractivity contribution is -0.132. The Hall–Kier alpha value is -3.70. The fourth-order valence-electron chi connectivity index (χ4n) is 5.57. The molecule has 40 heavy (non-hydrogen) atoms. The number of fused-ring (bicyclic) bond motifs is 1. The molecular formula is C28H26ClF3N4O4. The van der Waals surface area contributed by atoms with Crippen LogP contribution in [-0.4, -0.2) is 58.4 Å². The molecule has 2 amide bonds. The van der Waals surface area contributed by atoms with Gasteiger partial charge < -0.3 is 20.1 Å². The second-order valence-corrected chi connectivity index (χ2v) is 10.4. The number of carbonyl (C=O) groups excluding carboxylic acids is 2. The standard InChI is InChI=1S/C28H26ClF3N4O4/c1-40-22-8-10-34-24(23(22)30)28(39)18-6-2-3-7-21(18)36(27(28)38)14-16-11-17(25(31)32)20(12-19(16)29)35-26(37)15-5-4-9-33-13-15/h2-10,13,16-17,19-20,25,39H,11-12,14H2,1H3,(H,35,37)/t16-,17-,19-,20-,28-/m1/s1. The molecular weight excluding hydrogens is 549 g/mol. The highest BCUT2D eigenvalue weighted by atomic mass is 35.5. The van der Waals surface area contributed by atoms with Gasteiger partial charge in [0.05, 0.1) is 18.4 Å². The van der Waals surface area contributed by atoms with Crippen molar-refractivity contribution in [2.24, 2.45) is 11.8 Å². The lowest BCUT2D eigenvalue weighted by atomic mass is 9.77. The van der Waals surface area contributed by atoms with E-state index in [9.17, 15) is 23.5 Å². The van der Waals surface area contributed by atoms with Crippen LogP contribution in [0, 0.1) is 17.7 Å². The Morgan fingerprint density at radius 1 is 1.23 bits per heavy atom. The van der Waals surface area contributed by atoms with E-state index in [4.69, 9.17) is 16.3 Å². The lowest BCUT2D eigenvalue weighted by Gasteiger charge is -2.40. The van der Waals surface area contributed by atoms with Crippen molar-refractivity contribution in [1.29, 1.82) is 0 Å². The Kier molecular flexibility index (Phi) is 7.70. The zero-order chi connectivity index (χ0) is 28.6. The summed E-state index contributed by atoms with van der Waals surface area (Å²) in [6, 6.07) is 9.76. The number of ether oxygens (including phenoxy) is 1. The number of anilines is 1. The average Bonchev–Trinajstić information content (AvgIpc) is 3.17. The van der Waals surface area contributed by atoms with E-state index in [0.717, 1.165) is 0 Å². The number of nitrogens with one attached hydrogen (secondary N) is 1. The number of aromatic nitrogens is 2. The van der Waals surface area contributed by atoms with Crippen molar-refractivity contribution in [3.63, 3.8) is 0 Å². The van der Waals surface area contributed by atoms with Crippen molar-refractivity contribution in [3.05, 3.63) is 83.7 Å². The van der Waals surface area contributed by atoms with E-state index < -0.39 is 58.6 Å². The summed E-state index contributed by atoms with van der Waals surface area (Å²) in [5, 5.41) is 13.7. The number of rotatable bonds is 7. The number of carbonyl (C=O) groups is 2. The highest BCUT2D eigenvalue weighted by Crippen LogP contribution is 2.47. The number of hydrogen-bond acceptors (Lipinski definition) is 6. The van der Waals surface area contributed by atoms with Gasteiger partial charge in [-0.25, -0.2) is 13.2 Å². The van der Waals surface area contributed by atoms with E-state index in [1.54, 1.807) is 24.3 Å². The molecule has 1 saturated carbocycles. The first-order valence-electron chi connectivity index (χ1n) is 12.6. The van der Waals surface area contributed by atoms with E-state index in [1.165, 1.54) is 48.8 Å². The van der Waals surface area contributed by atoms with Crippen LogP contribution in [0.3, 0.4) is 0 Å². The minimum Gasteiger partial charge on any atom is -0.494 e. The molecule has 210 valence electrons. The number of pyridine rings is 2. The fraction of sp³-hybridized carbons (Fsp3) is 0.357. The largest absolute Gasteiger partial charge is 0.494 e. The Labute approximate surface area is 233 Å². The molecule has 1 aromatic carbocycles. The van der Waals surface area contributed by atoms with Gasteiger partial charge in [-0.3, -0.25) is 19.6 Å². The van der Waals surface area contributed by atoms with Crippen LogP contribution in [0.25, 0.3) is 0 Å². The van der Waals surface area contributed by atoms with Crippen LogP contribution in [0.4, 0.5) is 18.9 Å². The monoisotopic (exact) mass is 574 g/mol. The summed E-state index contributed by atoms with van der Waals surface area (Å²) in [7, 11) is 1.25. The number of halogens is 4. The van der Waals surface area contributed by atoms with Gasteiger partial charge in [-0.1, -0.05) is 18.2 Å². The zero-order valence-electron chi connectivity index (χ0n) is 21.3. The highest BCUT2D eigenvalue weighted by molar-refractivity contribution is 6.21. The van der Waals surface area contributed by atoms with Gasteiger partial charge in [0, 0.05) is 54.1 Å². The van der Waals surface area contributed by atoms with Crippen LogP contribution in [0.1, 0.15) is 34.5 Å². The molecule has 0 unspecified atom stereocenters. The third-order valence-corrected chi connectivity index (χ3v) is 8.15. The summed E-state index contributed by atoms with van der Waals surface area (Å²) in [4.78, 5) is 35.5. The normalized spacial score (nSPS) is 26.1. The molecule has 0 bridgehead atoms. The Morgan fingerprint density at radius 3 is 2.70 bits per heavy atom. The molecule has 0 spiro atoms. The fourth-order valence-corrected chi connectivity index (χ4v) is 5.94. The van der Waals surface area contributed by atoms with Crippen LogP contribution in [0.2, 0.25) is 0 Å². The van der Waals surface area contributed by atoms with Crippen molar-refractivity contribution in [2.45, 2.75) is 36.3 Å². The summed E-state index contributed by atoms with van der Waals surface area (Å²) < 4.78 is 48.7. The second-order valence-electron chi connectivity index (χ2n) is 9.89. The molecule has 5 atom stereocenters. The summed E-state index contributed by atoms with van der Waals surface area (Å²) in [6.07, 6.45) is 1.23. The van der Waals surface area contributed by atoms with Crippen LogP contribution in [0.15, 0.2) is 61.1 Å². The third-order valence-electron chi connectivity index (χ3n) is 7.62. The van der Waals surface area contributed by atoms with Crippen LogP contribution >= 0.6 is 11.6 Å². The van der Waals surface area contributed by atoms with Crippen molar-refractivity contribution in [3.8, 4) is 5.75 Å². The van der Waals surface area contributed by atoms with Crippen LogP contribution < -0.4 is 15.0 Å². The van der Waals surface area contributed by atoms with Gasteiger partial charge in [0.1, 0.15) is 5.69 Å². The van der Waals surface area contributed by atoms with Gasteiger partial charge in [-0.05, 0) is 37.0 Å². The number of nitrogens with zero attached hydrogens (tertiary/aromatic N) is 3. The summed E-state index contributed by atoms with van der Waals surface area (Å²) in [6.45, 7) is -0.107. The van der Waals surface area contributed by atoms with E-state index in [0.29, 0.717) is 5.69 Å². The number of para-hydroxylation sites is 1. The predicted molar refractivity (Wildman–Crippen MR) is 140 cm³/mol. The van der Waals surface area contributed by atoms with Crippen molar-refractivity contribution in [2.75, 3.05) is 18.6 Å². The number of methoxy groups -OCH3 is 1. The van der Waals surface area contributed by atoms with Gasteiger partial charge in [-0.2, -0.15) is 0 Å². The smallest absolute Gasteiger partial charge is 0.270 e. The first kappa shape index (κ1) is 27.9. The molecule has 0 radical (unpaired) electrons. The van der Waals surface area contributed by atoms with Crippen LogP contribution in [0.5, 0.6) is 5.75 Å². The molecule has 1 aliphatic heterocycles. The molecule has 1 aliphatic carbocycles. The average molecular weight is 575 g/mol. The summed E-state index contributed by atoms with van der Waals surface area (Å²) >= 11 is 6.69. The molecule has 8 nitrogen and oxygen atoms in total. The Bertz CT molecular complexity index is 1420. The summed E-state index contributed by atoms with van der Waals surface area (Å²) in [5.74, 6) is -4.45. The quantitative estimate of drug-likeness (QED) is 0.415. The minimum absolute atomic E-state index is 0.0350. The molecule has 2 aliphatic rings. The van der Waals surface area contributed by atoms with Gasteiger partial charge >= 0.3 is 0 Å². The van der Waals surface area contributed by atoms with E-state index in [-0.39, 0.29) is 36.3 Å². The van der Waals surface area contributed by atoms with Crippen LogP contribution in [-0.2, 0) is 10.4 Å². The van der Waals surface area contributed by atoms with E-state index >= 15 is 4.39 Å². The Balaban J connectivity index is 1.41. The first-order chi connectivity index (χ1) is 19.2. The number of aliphatic hydroxyl groups is 1. The number of hydrogen-bond donors (Lipinski definition) is 2. The molecule has 1 fully saturated rings. The van der Waals surface area contributed by atoms with Gasteiger partial charge in [0.25, 0.3) is 11.8 Å². The highest BCUT2D eigenvalue weighted by Gasteiger charge is 2.55. The predicted octanol–water partition coefficient (Wildman–Crippen LogP) is 3.90. The minimum atomic E-state index is -2.76. The van der Waals surface area contributed by atoms with Gasteiger partial charge in [0.2, 0.25) is 12.0 Å². The molecule has 0 saturated heterocycles. The SMILES string of the molecule is COc1ccnc([C@@]2(O)C(=O)N(C[C@H]3C[C@@H](C(F)F)[C@H](NC(=O)c4cccnc4)C[C@H]3Cl)c3ccccc32)c1F. The zero-order valence-corrected chi connectivity index (χ0v) is 22.1. The topological polar surface area (TPSA) is 105 Å². The van der Waals surface area contributed by atoms with Gasteiger partial charge in [0.15, 0.2) is 11.6 Å². The van der Waals surface area contributed by atoms with Crippen molar-refractivity contribution >= 4 is 29.1 Å². The Morgan fingerprint density at radius 2 is 2.00 bits per heavy atom. The lowest BCUT2D eigenvalue weighted by Crippen LogP contribution is -2.52. The van der Waals surface area contributed by atoms with Gasteiger partial charge in [-0.15, -0.1) is 11.6 Å². The number of alkyl halides is 3. The molecule has 2 aromatic heterocycles.